The van der Waals surface area contributed by atoms with E-state index in [0.29, 0.717) is 5.56 Å². The highest BCUT2D eigenvalue weighted by atomic mass is 35.5. The van der Waals surface area contributed by atoms with Crippen molar-refractivity contribution in [2.24, 2.45) is 5.73 Å². The van der Waals surface area contributed by atoms with E-state index in [1.54, 1.807) is 6.07 Å². The second kappa shape index (κ2) is 7.08. The summed E-state index contributed by atoms with van der Waals surface area (Å²) in [7, 11) is 1.38. The quantitative estimate of drug-likeness (QED) is 0.879. The minimum Gasteiger partial charge on any atom is -0.465 e. The van der Waals surface area contributed by atoms with E-state index < -0.39 is 0 Å². The smallest absolute Gasteiger partial charge is 0.337 e. The van der Waals surface area contributed by atoms with Gasteiger partial charge in [0.2, 0.25) is 0 Å². The molecule has 3 nitrogen and oxygen atoms in total. The van der Waals surface area contributed by atoms with Crippen LogP contribution in [0.1, 0.15) is 28.9 Å². The summed E-state index contributed by atoms with van der Waals surface area (Å²) in [5.41, 5.74) is 9.52. The molecule has 2 aromatic carbocycles. The fraction of sp³-hybridized carbons (Fsp3) is 0.188. The lowest BCUT2D eigenvalue weighted by Crippen LogP contribution is -2.04. The minimum absolute atomic E-state index is 0. The Balaban J connectivity index is 0.00000200. The Morgan fingerprint density at radius 1 is 1.10 bits per heavy atom. The van der Waals surface area contributed by atoms with Gasteiger partial charge in [0.1, 0.15) is 0 Å². The molecule has 2 N–H and O–H groups in total. The number of benzene rings is 2. The Morgan fingerprint density at radius 3 is 2.30 bits per heavy atom. The average molecular weight is 292 g/mol. The number of ether oxygens (including phenoxy) is 1. The van der Waals surface area contributed by atoms with Gasteiger partial charge in [0.05, 0.1) is 12.7 Å². The van der Waals surface area contributed by atoms with Crippen LogP contribution in [-0.4, -0.2) is 13.1 Å². The minimum atomic E-state index is -0.329. The Bertz CT molecular complexity index is 597. The predicted molar refractivity (Wildman–Crippen MR) is 83.1 cm³/mol. The second-order valence-electron chi connectivity index (χ2n) is 4.49. The van der Waals surface area contributed by atoms with Gasteiger partial charge in [0.25, 0.3) is 0 Å². The van der Waals surface area contributed by atoms with Crippen LogP contribution in [0.25, 0.3) is 11.1 Å². The molecule has 1 atom stereocenters. The highest BCUT2D eigenvalue weighted by Crippen LogP contribution is 2.23. The van der Waals surface area contributed by atoms with Gasteiger partial charge in [-0.05, 0) is 41.8 Å². The molecule has 0 aliphatic rings. The lowest BCUT2D eigenvalue weighted by atomic mass is 9.99. The number of methoxy groups -OCH3 is 1. The maximum atomic E-state index is 11.5. The first-order valence-electron chi connectivity index (χ1n) is 6.16. The average Bonchev–Trinajstić information content (AvgIpc) is 2.46. The zero-order chi connectivity index (χ0) is 13.8. The maximum Gasteiger partial charge on any atom is 0.337 e. The molecule has 0 aliphatic carbocycles. The number of halogens is 1. The van der Waals surface area contributed by atoms with Crippen molar-refractivity contribution < 1.29 is 9.53 Å². The summed E-state index contributed by atoms with van der Waals surface area (Å²) in [4.78, 5) is 11.5. The first-order chi connectivity index (χ1) is 9.11. The van der Waals surface area contributed by atoms with E-state index in [0.717, 1.165) is 16.7 Å². The number of esters is 1. The first-order valence-corrected chi connectivity index (χ1v) is 6.16. The Morgan fingerprint density at radius 2 is 1.70 bits per heavy atom. The Labute approximate surface area is 125 Å². The molecule has 0 radical (unpaired) electrons. The van der Waals surface area contributed by atoms with Crippen LogP contribution in [0.2, 0.25) is 0 Å². The van der Waals surface area contributed by atoms with E-state index in [9.17, 15) is 4.79 Å². The number of hydrogen-bond acceptors (Lipinski definition) is 3. The van der Waals surface area contributed by atoms with Crippen molar-refractivity contribution in [2.75, 3.05) is 7.11 Å². The van der Waals surface area contributed by atoms with Gasteiger partial charge in [-0.3, -0.25) is 0 Å². The molecular formula is C16H18ClNO2. The lowest BCUT2D eigenvalue weighted by Gasteiger charge is -2.09. The molecule has 20 heavy (non-hydrogen) atoms. The third-order valence-corrected chi connectivity index (χ3v) is 3.03. The normalized spacial score (nSPS) is 11.3. The van der Waals surface area contributed by atoms with Crippen LogP contribution in [0.3, 0.4) is 0 Å². The van der Waals surface area contributed by atoms with E-state index in [1.807, 2.05) is 49.4 Å². The van der Waals surface area contributed by atoms with Gasteiger partial charge in [0, 0.05) is 6.04 Å². The molecule has 0 fully saturated rings. The van der Waals surface area contributed by atoms with Crippen molar-refractivity contribution >= 4 is 18.4 Å². The monoisotopic (exact) mass is 291 g/mol. The van der Waals surface area contributed by atoms with Gasteiger partial charge in [-0.1, -0.05) is 30.3 Å². The Kier molecular flexibility index (Phi) is 5.74. The molecule has 0 heterocycles. The molecule has 2 aromatic rings. The third kappa shape index (κ3) is 3.59. The molecule has 0 saturated heterocycles. The molecule has 2 rings (SSSR count). The van der Waals surface area contributed by atoms with Gasteiger partial charge in [-0.15, -0.1) is 12.4 Å². The molecule has 0 saturated carbocycles. The van der Waals surface area contributed by atoms with Gasteiger partial charge in [-0.25, -0.2) is 4.79 Å². The van der Waals surface area contributed by atoms with E-state index in [1.165, 1.54) is 7.11 Å². The van der Waals surface area contributed by atoms with Crippen LogP contribution in [0.4, 0.5) is 0 Å². The van der Waals surface area contributed by atoms with E-state index >= 15 is 0 Å². The first kappa shape index (κ1) is 16.2. The molecule has 0 aliphatic heterocycles. The number of nitrogens with two attached hydrogens (primary N) is 1. The van der Waals surface area contributed by atoms with Crippen LogP contribution < -0.4 is 5.73 Å². The van der Waals surface area contributed by atoms with Gasteiger partial charge >= 0.3 is 5.97 Å². The maximum absolute atomic E-state index is 11.5. The summed E-state index contributed by atoms with van der Waals surface area (Å²) in [6, 6.07) is 15.4. The van der Waals surface area contributed by atoms with Gasteiger partial charge in [-0.2, -0.15) is 0 Å². The van der Waals surface area contributed by atoms with Crippen LogP contribution in [-0.2, 0) is 4.74 Å². The summed E-state index contributed by atoms with van der Waals surface area (Å²) in [5.74, 6) is -0.329. The van der Waals surface area contributed by atoms with Crippen molar-refractivity contribution in [3.05, 3.63) is 59.7 Å². The van der Waals surface area contributed by atoms with E-state index in [2.05, 4.69) is 0 Å². The SMILES string of the molecule is COC(=O)c1cccc(-c2cccc(C(C)N)c2)c1.Cl. The molecule has 106 valence electrons. The van der Waals surface area contributed by atoms with Crippen molar-refractivity contribution in [1.29, 1.82) is 0 Å². The summed E-state index contributed by atoms with van der Waals surface area (Å²) < 4.78 is 4.73. The zero-order valence-electron chi connectivity index (χ0n) is 11.5. The second-order valence-corrected chi connectivity index (χ2v) is 4.49. The summed E-state index contributed by atoms with van der Waals surface area (Å²) >= 11 is 0. The van der Waals surface area contributed by atoms with E-state index in [-0.39, 0.29) is 24.4 Å². The topological polar surface area (TPSA) is 52.3 Å². The summed E-state index contributed by atoms with van der Waals surface area (Å²) in [6.45, 7) is 1.95. The molecule has 0 aromatic heterocycles. The number of hydrogen-bond donors (Lipinski definition) is 1. The molecule has 0 bridgehead atoms. The molecule has 0 amide bonds. The number of rotatable bonds is 3. The summed E-state index contributed by atoms with van der Waals surface area (Å²) in [6.07, 6.45) is 0. The molecule has 0 spiro atoms. The predicted octanol–water partition coefficient (Wildman–Crippen LogP) is 3.58. The number of carbonyl (C=O) groups is 1. The van der Waals surface area contributed by atoms with Gasteiger partial charge < -0.3 is 10.5 Å². The fourth-order valence-corrected chi connectivity index (χ4v) is 1.95. The fourth-order valence-electron chi connectivity index (χ4n) is 1.95. The summed E-state index contributed by atoms with van der Waals surface area (Å²) in [5, 5.41) is 0. The van der Waals surface area contributed by atoms with Crippen LogP contribution in [0.15, 0.2) is 48.5 Å². The van der Waals surface area contributed by atoms with Crippen molar-refractivity contribution in [3.63, 3.8) is 0 Å². The zero-order valence-corrected chi connectivity index (χ0v) is 12.3. The standard InChI is InChI=1S/C16H17NO2.ClH/c1-11(17)12-5-3-6-13(9-12)14-7-4-8-15(10-14)16(18)19-2;/h3-11H,17H2,1-2H3;1H. The lowest BCUT2D eigenvalue weighted by molar-refractivity contribution is 0.0601. The van der Waals surface area contributed by atoms with Crippen LogP contribution >= 0.6 is 12.4 Å². The van der Waals surface area contributed by atoms with E-state index in [4.69, 9.17) is 10.5 Å². The molecule has 1 unspecified atom stereocenters. The van der Waals surface area contributed by atoms with Crippen molar-refractivity contribution in [2.45, 2.75) is 13.0 Å². The number of carbonyl (C=O) groups excluding carboxylic acids is 1. The molecular weight excluding hydrogens is 274 g/mol. The van der Waals surface area contributed by atoms with Gasteiger partial charge in [0.15, 0.2) is 0 Å². The largest absolute Gasteiger partial charge is 0.465 e. The Hall–Kier alpha value is -1.84. The highest BCUT2D eigenvalue weighted by molar-refractivity contribution is 5.91. The van der Waals surface area contributed by atoms with Crippen molar-refractivity contribution in [3.8, 4) is 11.1 Å². The van der Waals surface area contributed by atoms with Crippen LogP contribution in [0, 0.1) is 0 Å². The third-order valence-electron chi connectivity index (χ3n) is 3.03. The van der Waals surface area contributed by atoms with Crippen LogP contribution in [0.5, 0.6) is 0 Å². The van der Waals surface area contributed by atoms with Crippen molar-refractivity contribution in [1.82, 2.24) is 0 Å². The highest BCUT2D eigenvalue weighted by Gasteiger charge is 2.07. The molecule has 4 heteroatoms.